The van der Waals surface area contributed by atoms with E-state index in [0.29, 0.717) is 5.92 Å². The average Bonchev–Trinajstić information content (AvgIpc) is 3.74. The van der Waals surface area contributed by atoms with Gasteiger partial charge in [-0.1, -0.05) is 121 Å². The minimum Gasteiger partial charge on any atom is -0.452 e. The highest BCUT2D eigenvalue weighted by molar-refractivity contribution is 6.24. The van der Waals surface area contributed by atoms with Crippen LogP contribution in [0.15, 0.2) is 148 Å². The first-order chi connectivity index (χ1) is 24.8. The molecule has 1 atom stereocenters. The van der Waals surface area contributed by atoms with Gasteiger partial charge in [-0.15, -0.1) is 0 Å². The second-order valence-electron chi connectivity index (χ2n) is 13.9. The van der Waals surface area contributed by atoms with E-state index in [4.69, 9.17) is 8.83 Å². The summed E-state index contributed by atoms with van der Waals surface area (Å²) in [7, 11) is 0. The number of furan rings is 2. The fourth-order valence-corrected chi connectivity index (χ4v) is 9.17. The van der Waals surface area contributed by atoms with E-state index in [1.54, 1.807) is 0 Å². The van der Waals surface area contributed by atoms with E-state index in [0.717, 1.165) is 50.3 Å². The Labute approximate surface area is 287 Å². The van der Waals surface area contributed by atoms with Crippen LogP contribution in [0.2, 0.25) is 0 Å². The van der Waals surface area contributed by atoms with Crippen LogP contribution in [0.3, 0.4) is 0 Å². The van der Waals surface area contributed by atoms with E-state index in [1.807, 2.05) is 12.1 Å². The van der Waals surface area contributed by atoms with Crippen molar-refractivity contribution in [3.8, 4) is 22.3 Å². The van der Waals surface area contributed by atoms with Crippen LogP contribution in [-0.4, -0.2) is 0 Å². The van der Waals surface area contributed by atoms with Gasteiger partial charge < -0.3 is 8.83 Å². The molecule has 0 spiro atoms. The van der Waals surface area contributed by atoms with Crippen LogP contribution >= 0.6 is 0 Å². The van der Waals surface area contributed by atoms with Gasteiger partial charge in [-0.25, -0.2) is 0 Å². The topological polar surface area (TPSA) is 26.3 Å². The average molecular weight is 637 g/mol. The lowest BCUT2D eigenvalue weighted by atomic mass is 9.76. The van der Waals surface area contributed by atoms with E-state index < -0.39 is 0 Å². The lowest BCUT2D eigenvalue weighted by Crippen LogP contribution is -2.07. The van der Waals surface area contributed by atoms with E-state index >= 15 is 0 Å². The van der Waals surface area contributed by atoms with E-state index in [9.17, 15) is 0 Å². The van der Waals surface area contributed by atoms with Crippen molar-refractivity contribution < 1.29 is 8.83 Å². The molecule has 0 amide bonds. The van der Waals surface area contributed by atoms with Gasteiger partial charge in [-0.3, -0.25) is 0 Å². The van der Waals surface area contributed by atoms with E-state index in [2.05, 4.69) is 140 Å². The third-order valence-electron chi connectivity index (χ3n) is 11.3. The van der Waals surface area contributed by atoms with Crippen LogP contribution < -0.4 is 0 Å². The van der Waals surface area contributed by atoms with Gasteiger partial charge in [0.2, 0.25) is 0 Å². The molecule has 2 nitrogen and oxygen atoms in total. The summed E-state index contributed by atoms with van der Waals surface area (Å²) in [6.45, 7) is 0. The van der Waals surface area contributed by atoms with Gasteiger partial charge in [0.05, 0.1) is 0 Å². The fraction of sp³-hybridized carbons (Fsp3) is 0.0417. The van der Waals surface area contributed by atoms with Crippen LogP contribution in [-0.2, 0) is 0 Å². The maximum atomic E-state index is 6.54. The molecular weight excluding hydrogens is 609 g/mol. The maximum absolute atomic E-state index is 6.54. The Bertz CT molecular complexity index is 3120. The van der Waals surface area contributed by atoms with E-state index in [1.165, 1.54) is 71.3 Å². The van der Waals surface area contributed by atoms with Gasteiger partial charge in [0.1, 0.15) is 11.2 Å². The lowest BCUT2D eigenvalue weighted by molar-refractivity contribution is 0.633. The van der Waals surface area contributed by atoms with Gasteiger partial charge in [0.15, 0.2) is 11.2 Å². The molecule has 10 aromatic rings. The zero-order chi connectivity index (χ0) is 32.5. The number of fused-ring (bicyclic) bond motifs is 9. The van der Waals surface area contributed by atoms with Crippen LogP contribution in [0.25, 0.3) is 111 Å². The minimum absolute atomic E-state index is 0.439. The number of allylic oxidation sites excluding steroid dienone is 2. The van der Waals surface area contributed by atoms with E-state index in [-0.39, 0.29) is 0 Å². The molecule has 0 aliphatic heterocycles. The second kappa shape index (κ2) is 9.62. The molecule has 2 aromatic heterocycles. The van der Waals surface area contributed by atoms with Crippen molar-refractivity contribution >= 4 is 88.3 Å². The molecule has 50 heavy (non-hydrogen) atoms. The number of para-hydroxylation sites is 1. The predicted octanol–water partition coefficient (Wildman–Crippen LogP) is 13.8. The minimum atomic E-state index is 0.439. The summed E-state index contributed by atoms with van der Waals surface area (Å²) in [5, 5.41) is 12.1. The first kappa shape index (κ1) is 26.6. The van der Waals surface area contributed by atoms with Gasteiger partial charge in [-0.05, 0) is 108 Å². The Kier molecular flexibility index (Phi) is 5.11. The monoisotopic (exact) mass is 636 g/mol. The van der Waals surface area contributed by atoms with Gasteiger partial charge >= 0.3 is 0 Å². The second-order valence-corrected chi connectivity index (χ2v) is 13.9. The summed E-state index contributed by atoms with van der Waals surface area (Å²) in [6.07, 6.45) is 10.5. The Morgan fingerprint density at radius 3 is 1.90 bits per heavy atom. The highest BCUT2D eigenvalue weighted by atomic mass is 16.4. The van der Waals surface area contributed by atoms with Crippen LogP contribution in [0.5, 0.6) is 0 Å². The Balaban J connectivity index is 1.14. The first-order valence-electron chi connectivity index (χ1n) is 17.5. The largest absolute Gasteiger partial charge is 0.452 e. The van der Waals surface area contributed by atoms with Crippen molar-refractivity contribution in [3.05, 3.63) is 156 Å². The molecule has 2 heterocycles. The van der Waals surface area contributed by atoms with Gasteiger partial charge in [-0.2, -0.15) is 0 Å². The molecule has 0 bridgehead atoms. The maximum Gasteiger partial charge on any atom is 0.178 e. The normalized spacial score (nSPS) is 15.2. The van der Waals surface area contributed by atoms with Crippen molar-refractivity contribution in [2.24, 2.45) is 0 Å². The summed E-state index contributed by atoms with van der Waals surface area (Å²) in [5.74, 6) is 0.439. The van der Waals surface area contributed by atoms with Crippen molar-refractivity contribution in [2.45, 2.75) is 12.3 Å². The number of hydrogen-bond acceptors (Lipinski definition) is 2. The molecule has 2 aliphatic rings. The number of benzene rings is 8. The van der Waals surface area contributed by atoms with Gasteiger partial charge in [0.25, 0.3) is 0 Å². The SMILES string of the molecule is C1=Cc2ccc3ccc(-c4c5ccccc5c(-c5ccc6oc7c(ccc8c9ccccc9oc87)c6c5)c5ccccc45)c4c3c2C(C=C4)C1. The summed E-state index contributed by atoms with van der Waals surface area (Å²) in [5.41, 5.74) is 12.5. The van der Waals surface area contributed by atoms with Crippen LogP contribution in [0.1, 0.15) is 29.0 Å². The number of hydrogen-bond donors (Lipinski definition) is 0. The fourth-order valence-electron chi connectivity index (χ4n) is 9.17. The molecule has 12 rings (SSSR count). The predicted molar refractivity (Wildman–Crippen MR) is 210 cm³/mol. The zero-order valence-corrected chi connectivity index (χ0v) is 27.0. The third-order valence-corrected chi connectivity index (χ3v) is 11.3. The molecule has 8 aromatic carbocycles. The highest BCUT2D eigenvalue weighted by Crippen LogP contribution is 2.50. The molecule has 232 valence electrons. The molecule has 2 heteroatoms. The van der Waals surface area contributed by atoms with Crippen molar-refractivity contribution in [1.82, 2.24) is 0 Å². The summed E-state index contributed by atoms with van der Waals surface area (Å²) in [4.78, 5) is 0. The smallest absolute Gasteiger partial charge is 0.178 e. The summed E-state index contributed by atoms with van der Waals surface area (Å²) >= 11 is 0. The summed E-state index contributed by atoms with van der Waals surface area (Å²) in [6, 6.07) is 46.4. The Morgan fingerprint density at radius 1 is 0.500 bits per heavy atom. The standard InChI is InChI=1S/C48H28O2/c1-3-13-34-32(11-1)44(30-20-25-42-40(26-30)39-24-23-38-31-10-5-6-15-41(31)49-47(38)48(39)50-42)33-12-2-4-14-35(33)46(34)37-22-19-29-17-16-27-8-7-9-28-18-21-36(37)45(29)43(27)28/h1-8,10-26,28H,9H2. The van der Waals surface area contributed by atoms with Crippen molar-refractivity contribution in [1.29, 1.82) is 0 Å². The highest BCUT2D eigenvalue weighted by Gasteiger charge is 2.26. The number of rotatable bonds is 2. The quantitative estimate of drug-likeness (QED) is 0.177. The van der Waals surface area contributed by atoms with Crippen molar-refractivity contribution in [3.63, 3.8) is 0 Å². The molecule has 0 N–H and O–H groups in total. The molecule has 0 saturated carbocycles. The van der Waals surface area contributed by atoms with Crippen LogP contribution in [0, 0.1) is 0 Å². The Morgan fingerprint density at radius 2 is 1.14 bits per heavy atom. The summed E-state index contributed by atoms with van der Waals surface area (Å²) < 4.78 is 12.9. The molecule has 0 saturated heterocycles. The zero-order valence-electron chi connectivity index (χ0n) is 27.0. The van der Waals surface area contributed by atoms with Crippen molar-refractivity contribution in [2.75, 3.05) is 0 Å². The first-order valence-corrected chi connectivity index (χ1v) is 17.5. The lowest BCUT2D eigenvalue weighted by Gasteiger charge is -2.27. The molecule has 2 aliphatic carbocycles. The molecular formula is C48H28O2. The third kappa shape index (κ3) is 3.42. The molecule has 0 radical (unpaired) electrons. The van der Waals surface area contributed by atoms with Gasteiger partial charge in [0, 0.05) is 27.5 Å². The Hall–Kier alpha value is -6.38. The molecule has 0 fully saturated rings. The molecule has 1 unspecified atom stereocenters. The van der Waals surface area contributed by atoms with Crippen LogP contribution in [0.4, 0.5) is 0 Å².